The zero-order valence-electron chi connectivity index (χ0n) is 29.3. The van der Waals surface area contributed by atoms with Gasteiger partial charge in [-0.2, -0.15) is 19.2 Å². The molecule has 53 heavy (non-hydrogen) atoms. The van der Waals surface area contributed by atoms with Crippen molar-refractivity contribution in [2.24, 2.45) is 5.92 Å². The Bertz CT molecular complexity index is 2160. The highest BCUT2D eigenvalue weighted by molar-refractivity contribution is 9.11. The first-order valence-corrected chi connectivity index (χ1v) is 19.9. The summed E-state index contributed by atoms with van der Waals surface area (Å²) in [5.41, 5.74) is 6.08. The lowest BCUT2D eigenvalue weighted by atomic mass is 9.93. The van der Waals surface area contributed by atoms with Gasteiger partial charge in [0.25, 0.3) is 0 Å². The molecule has 2 aliphatic heterocycles. The Morgan fingerprint density at radius 2 is 1.32 bits per heavy atom. The SMILES string of the molecule is Brc1cnn2c(NCc3cccnc3)cc(C3CCCNC3)nc12.O=C(C1CC1)N1CCC(c2cc(NCc3cccnc3)n3ncc(Br)c3n2)CC1. The molecule has 1 aliphatic carbocycles. The molecular formula is C38H42Br2N12O. The number of rotatable bonds is 9. The van der Waals surface area contributed by atoms with E-state index in [1.807, 2.05) is 44.5 Å². The number of pyridine rings is 2. The summed E-state index contributed by atoms with van der Waals surface area (Å²) in [5.74, 6) is 3.32. The van der Waals surface area contributed by atoms with Crippen LogP contribution in [0, 0.1) is 5.92 Å². The molecule has 3 N–H and O–H groups in total. The molecule has 3 fully saturated rings. The van der Waals surface area contributed by atoms with Crippen LogP contribution in [0.3, 0.4) is 0 Å². The monoisotopic (exact) mass is 840 g/mol. The van der Waals surface area contributed by atoms with Gasteiger partial charge in [0.2, 0.25) is 5.91 Å². The topological polar surface area (TPSA) is 143 Å². The predicted molar refractivity (Wildman–Crippen MR) is 211 cm³/mol. The van der Waals surface area contributed by atoms with Gasteiger partial charge in [0.1, 0.15) is 11.6 Å². The standard InChI is InChI=1S/C21H23BrN6O.C17H19BrN6/c22-17-13-25-28-19(24-12-14-2-1-7-23-11-14)10-18(26-20(17)28)15-5-8-27(9-6-15)21(29)16-3-4-16;18-14-11-22-24-16(21-9-12-3-1-5-19-8-12)7-15(23-17(14)24)13-4-2-6-20-10-13/h1-2,7,10-11,13,15-16,24H,3-6,8-9,12H2;1,3,5,7-8,11,13,20-21H,2,4,6,9-10H2. The number of piperidine rings is 2. The van der Waals surface area contributed by atoms with Gasteiger partial charge in [0, 0.05) is 93.1 Å². The molecule has 13 nitrogen and oxygen atoms in total. The van der Waals surface area contributed by atoms with E-state index in [4.69, 9.17) is 9.97 Å². The molecule has 0 aromatic carbocycles. The third kappa shape index (κ3) is 8.36. The number of fused-ring (bicyclic) bond motifs is 2. The van der Waals surface area contributed by atoms with Crippen molar-refractivity contribution in [3.8, 4) is 0 Å². The summed E-state index contributed by atoms with van der Waals surface area (Å²) in [7, 11) is 0. The van der Waals surface area contributed by atoms with Crippen molar-refractivity contribution >= 4 is 60.7 Å². The quantitative estimate of drug-likeness (QED) is 0.146. The van der Waals surface area contributed by atoms with E-state index in [-0.39, 0.29) is 0 Å². The second-order valence-electron chi connectivity index (χ2n) is 13.9. The van der Waals surface area contributed by atoms with Crippen LogP contribution in [0.1, 0.15) is 72.9 Å². The maximum Gasteiger partial charge on any atom is 0.225 e. The molecule has 1 unspecified atom stereocenters. The highest BCUT2D eigenvalue weighted by Crippen LogP contribution is 2.35. The normalized spacial score (nSPS) is 17.8. The number of nitrogens with one attached hydrogen (secondary N) is 3. The van der Waals surface area contributed by atoms with Crippen molar-refractivity contribution in [1.29, 1.82) is 0 Å². The molecule has 0 radical (unpaired) electrons. The molecule has 3 aliphatic rings. The smallest absolute Gasteiger partial charge is 0.225 e. The molecule has 2 saturated heterocycles. The minimum Gasteiger partial charge on any atom is -0.366 e. The Morgan fingerprint density at radius 1 is 0.755 bits per heavy atom. The van der Waals surface area contributed by atoms with Crippen molar-refractivity contribution in [3.63, 3.8) is 0 Å². The number of aromatic nitrogens is 8. The van der Waals surface area contributed by atoms with Crippen LogP contribution < -0.4 is 16.0 Å². The molecule has 0 spiro atoms. The average Bonchev–Trinajstić information content (AvgIpc) is 3.91. The predicted octanol–water partition coefficient (Wildman–Crippen LogP) is 6.58. The Labute approximate surface area is 324 Å². The van der Waals surface area contributed by atoms with Crippen LogP contribution in [0.2, 0.25) is 0 Å². The molecule has 1 amide bonds. The highest BCUT2D eigenvalue weighted by Gasteiger charge is 2.35. The van der Waals surface area contributed by atoms with Crippen LogP contribution in [0.25, 0.3) is 11.3 Å². The summed E-state index contributed by atoms with van der Waals surface area (Å²) in [6.45, 7) is 5.10. The maximum absolute atomic E-state index is 12.3. The largest absolute Gasteiger partial charge is 0.366 e. The number of halogens is 2. The Balaban J connectivity index is 0.000000154. The summed E-state index contributed by atoms with van der Waals surface area (Å²) in [4.78, 5) is 32.5. The molecule has 1 atom stereocenters. The lowest BCUT2D eigenvalue weighted by Gasteiger charge is -2.32. The van der Waals surface area contributed by atoms with Gasteiger partial charge in [-0.15, -0.1) is 0 Å². The number of likely N-dealkylation sites (tertiary alicyclic amines) is 1. The van der Waals surface area contributed by atoms with E-state index in [1.165, 1.54) is 12.8 Å². The number of hydrogen-bond acceptors (Lipinski definition) is 10. The second kappa shape index (κ2) is 16.3. The van der Waals surface area contributed by atoms with E-state index in [0.717, 1.165) is 106 Å². The fraction of sp³-hybridized carbons (Fsp3) is 0.395. The number of anilines is 2. The molecule has 0 bridgehead atoms. The first-order chi connectivity index (χ1) is 26.0. The van der Waals surface area contributed by atoms with Gasteiger partial charge in [-0.25, -0.2) is 9.97 Å². The van der Waals surface area contributed by atoms with Gasteiger partial charge >= 0.3 is 0 Å². The fourth-order valence-corrected chi connectivity index (χ4v) is 7.76. The lowest BCUT2D eigenvalue weighted by Crippen LogP contribution is -2.38. The summed E-state index contributed by atoms with van der Waals surface area (Å²) < 4.78 is 5.47. The molecule has 6 aromatic heterocycles. The average molecular weight is 843 g/mol. The number of carbonyl (C=O) groups excluding carboxylic acids is 1. The number of hydrogen-bond donors (Lipinski definition) is 3. The van der Waals surface area contributed by atoms with Gasteiger partial charge < -0.3 is 20.9 Å². The van der Waals surface area contributed by atoms with Crippen LogP contribution >= 0.6 is 31.9 Å². The molecule has 6 aromatic rings. The molecular weight excluding hydrogens is 800 g/mol. The Morgan fingerprint density at radius 3 is 1.81 bits per heavy atom. The summed E-state index contributed by atoms with van der Waals surface area (Å²) in [5, 5.41) is 19.3. The summed E-state index contributed by atoms with van der Waals surface area (Å²) >= 11 is 7.13. The number of nitrogens with zero attached hydrogens (tertiary/aromatic N) is 9. The van der Waals surface area contributed by atoms with Crippen LogP contribution in [-0.2, 0) is 17.9 Å². The van der Waals surface area contributed by atoms with E-state index in [1.54, 1.807) is 24.8 Å². The third-order valence-corrected chi connectivity index (χ3v) is 11.3. The second-order valence-corrected chi connectivity index (χ2v) is 15.6. The van der Waals surface area contributed by atoms with Crippen LogP contribution in [-0.4, -0.2) is 76.2 Å². The number of carbonyl (C=O) groups is 1. The Hall–Kier alpha value is -4.47. The van der Waals surface area contributed by atoms with Gasteiger partial charge in [-0.05, 0) is 100 Å². The molecule has 274 valence electrons. The van der Waals surface area contributed by atoms with Crippen LogP contribution in [0.4, 0.5) is 11.6 Å². The molecule has 9 rings (SSSR count). The lowest BCUT2D eigenvalue weighted by molar-refractivity contribution is -0.133. The van der Waals surface area contributed by atoms with Crippen molar-refractivity contribution in [2.45, 2.75) is 63.5 Å². The van der Waals surface area contributed by atoms with Crippen LogP contribution in [0.15, 0.2) is 82.5 Å². The van der Waals surface area contributed by atoms with E-state index < -0.39 is 0 Å². The van der Waals surface area contributed by atoms with E-state index in [2.05, 4.69) is 86.2 Å². The summed E-state index contributed by atoms with van der Waals surface area (Å²) in [6.07, 6.45) is 17.3. The highest BCUT2D eigenvalue weighted by atomic mass is 79.9. The van der Waals surface area contributed by atoms with Gasteiger partial charge in [0.15, 0.2) is 11.3 Å². The van der Waals surface area contributed by atoms with E-state index in [0.29, 0.717) is 36.8 Å². The van der Waals surface area contributed by atoms with Crippen molar-refractivity contribution in [2.75, 3.05) is 36.8 Å². The van der Waals surface area contributed by atoms with E-state index in [9.17, 15) is 4.79 Å². The van der Waals surface area contributed by atoms with Gasteiger partial charge in [-0.1, -0.05) is 12.1 Å². The van der Waals surface area contributed by atoms with Crippen LogP contribution in [0.5, 0.6) is 0 Å². The first-order valence-electron chi connectivity index (χ1n) is 18.3. The fourth-order valence-electron chi connectivity index (χ4n) is 7.06. The zero-order chi connectivity index (χ0) is 36.1. The molecule has 1 saturated carbocycles. The maximum atomic E-state index is 12.3. The van der Waals surface area contributed by atoms with Crippen molar-refractivity contribution in [1.82, 2.24) is 49.4 Å². The third-order valence-electron chi connectivity index (χ3n) is 10.2. The minimum atomic E-state index is 0.298. The van der Waals surface area contributed by atoms with Crippen molar-refractivity contribution in [3.05, 3.63) is 105 Å². The van der Waals surface area contributed by atoms with Gasteiger partial charge in [0.05, 0.1) is 27.0 Å². The van der Waals surface area contributed by atoms with E-state index >= 15 is 0 Å². The Kier molecular flexibility index (Phi) is 10.9. The minimum absolute atomic E-state index is 0.298. The number of amides is 1. The zero-order valence-corrected chi connectivity index (χ0v) is 32.5. The summed E-state index contributed by atoms with van der Waals surface area (Å²) in [6, 6.07) is 12.2. The first kappa shape index (κ1) is 35.6. The van der Waals surface area contributed by atoms with Crippen molar-refractivity contribution < 1.29 is 4.79 Å². The molecule has 8 heterocycles. The van der Waals surface area contributed by atoms with Gasteiger partial charge in [-0.3, -0.25) is 14.8 Å². The molecule has 15 heteroatoms.